The highest BCUT2D eigenvalue weighted by molar-refractivity contribution is 5.39. The van der Waals surface area contributed by atoms with Gasteiger partial charge in [0.15, 0.2) is 0 Å². The van der Waals surface area contributed by atoms with Crippen LogP contribution in [0.4, 0.5) is 5.69 Å². The Bertz CT molecular complexity index is 473. The van der Waals surface area contributed by atoms with E-state index in [2.05, 4.69) is 24.1 Å². The van der Waals surface area contributed by atoms with Gasteiger partial charge in [-0.2, -0.15) is 0 Å². The summed E-state index contributed by atoms with van der Waals surface area (Å²) in [5.74, 6) is 1.96. The largest absolute Gasteiger partial charge is 0.465 e. The monoisotopic (exact) mass is 230 g/mol. The lowest BCUT2D eigenvalue weighted by atomic mass is 10.2. The third kappa shape index (κ3) is 3.36. The molecule has 0 unspecified atom stereocenters. The Morgan fingerprint density at radius 1 is 1.06 bits per heavy atom. The van der Waals surface area contributed by atoms with Gasteiger partial charge in [0.05, 0.1) is 6.54 Å². The minimum atomic E-state index is 0.804. The van der Waals surface area contributed by atoms with Crippen LogP contribution < -0.4 is 5.73 Å². The van der Waals surface area contributed by atoms with E-state index in [1.165, 1.54) is 5.56 Å². The van der Waals surface area contributed by atoms with E-state index in [0.717, 1.165) is 30.3 Å². The summed E-state index contributed by atoms with van der Waals surface area (Å²) in [4.78, 5) is 2.21. The average molecular weight is 230 g/mol. The summed E-state index contributed by atoms with van der Waals surface area (Å²) in [6.07, 6.45) is 0. The van der Waals surface area contributed by atoms with E-state index in [9.17, 15) is 0 Å². The number of rotatable bonds is 4. The Morgan fingerprint density at radius 2 is 1.76 bits per heavy atom. The van der Waals surface area contributed by atoms with Crippen molar-refractivity contribution in [2.24, 2.45) is 0 Å². The van der Waals surface area contributed by atoms with Crippen molar-refractivity contribution in [3.8, 4) is 0 Å². The molecule has 1 aromatic heterocycles. The molecule has 2 aromatic rings. The SMILES string of the molecule is Cc1ccc(CN(C)Cc2ccc(N)cc2)o1. The topological polar surface area (TPSA) is 42.4 Å². The lowest BCUT2D eigenvalue weighted by Gasteiger charge is -2.15. The van der Waals surface area contributed by atoms with Crippen LogP contribution in [0, 0.1) is 6.92 Å². The Balaban J connectivity index is 1.93. The van der Waals surface area contributed by atoms with E-state index in [-0.39, 0.29) is 0 Å². The summed E-state index contributed by atoms with van der Waals surface area (Å²) >= 11 is 0. The molecule has 0 aliphatic carbocycles. The molecule has 0 atom stereocenters. The van der Waals surface area contributed by atoms with Gasteiger partial charge in [-0.1, -0.05) is 12.1 Å². The van der Waals surface area contributed by atoms with Gasteiger partial charge in [-0.15, -0.1) is 0 Å². The van der Waals surface area contributed by atoms with Crippen LogP contribution in [0.5, 0.6) is 0 Å². The van der Waals surface area contributed by atoms with Gasteiger partial charge in [0.1, 0.15) is 11.5 Å². The first-order valence-corrected chi connectivity index (χ1v) is 5.72. The highest BCUT2D eigenvalue weighted by Gasteiger charge is 2.04. The maximum absolute atomic E-state index is 5.66. The number of nitrogens with two attached hydrogens (primary N) is 1. The standard InChI is InChI=1S/C14H18N2O/c1-11-3-8-14(17-11)10-16(2)9-12-4-6-13(15)7-5-12/h3-8H,9-10,15H2,1-2H3. The average Bonchev–Trinajstić information content (AvgIpc) is 2.67. The first-order valence-electron chi connectivity index (χ1n) is 5.72. The van der Waals surface area contributed by atoms with Crippen LogP contribution in [-0.2, 0) is 13.1 Å². The van der Waals surface area contributed by atoms with Crippen molar-refractivity contribution in [2.45, 2.75) is 20.0 Å². The molecular weight excluding hydrogens is 212 g/mol. The lowest BCUT2D eigenvalue weighted by molar-refractivity contribution is 0.285. The maximum Gasteiger partial charge on any atom is 0.118 e. The Kier molecular flexibility index (Phi) is 3.49. The van der Waals surface area contributed by atoms with Crippen molar-refractivity contribution in [2.75, 3.05) is 12.8 Å². The van der Waals surface area contributed by atoms with Crippen molar-refractivity contribution < 1.29 is 4.42 Å². The van der Waals surface area contributed by atoms with Gasteiger partial charge >= 0.3 is 0 Å². The zero-order valence-corrected chi connectivity index (χ0v) is 10.3. The van der Waals surface area contributed by atoms with Crippen LogP contribution in [-0.4, -0.2) is 11.9 Å². The van der Waals surface area contributed by atoms with Gasteiger partial charge in [0.2, 0.25) is 0 Å². The van der Waals surface area contributed by atoms with Gasteiger partial charge in [0, 0.05) is 12.2 Å². The van der Waals surface area contributed by atoms with E-state index < -0.39 is 0 Å². The second kappa shape index (κ2) is 5.06. The summed E-state index contributed by atoms with van der Waals surface area (Å²) in [7, 11) is 2.08. The lowest BCUT2D eigenvalue weighted by Crippen LogP contribution is -2.16. The van der Waals surface area contributed by atoms with E-state index in [4.69, 9.17) is 10.2 Å². The third-order valence-corrected chi connectivity index (χ3v) is 2.65. The molecule has 1 heterocycles. The highest BCUT2D eigenvalue weighted by atomic mass is 16.3. The number of nitrogens with zero attached hydrogens (tertiary/aromatic N) is 1. The molecule has 2 N–H and O–H groups in total. The summed E-state index contributed by atoms with van der Waals surface area (Å²) < 4.78 is 5.55. The molecule has 90 valence electrons. The second-order valence-corrected chi connectivity index (χ2v) is 4.43. The van der Waals surface area contributed by atoms with Crippen LogP contribution in [0.2, 0.25) is 0 Å². The number of anilines is 1. The van der Waals surface area contributed by atoms with Crippen LogP contribution >= 0.6 is 0 Å². The predicted molar refractivity (Wildman–Crippen MR) is 69.5 cm³/mol. The van der Waals surface area contributed by atoms with E-state index in [1.807, 2.05) is 31.2 Å². The number of aryl methyl sites for hydroxylation is 1. The molecule has 0 radical (unpaired) electrons. The first kappa shape index (κ1) is 11.7. The fourth-order valence-electron chi connectivity index (χ4n) is 1.83. The molecule has 2 rings (SSSR count). The molecule has 0 bridgehead atoms. The molecule has 17 heavy (non-hydrogen) atoms. The van der Waals surface area contributed by atoms with Crippen LogP contribution in [0.3, 0.4) is 0 Å². The first-order chi connectivity index (χ1) is 8.13. The molecule has 0 amide bonds. The zero-order chi connectivity index (χ0) is 12.3. The van der Waals surface area contributed by atoms with Gasteiger partial charge < -0.3 is 10.2 Å². The molecular formula is C14H18N2O. The molecule has 1 aromatic carbocycles. The summed E-state index contributed by atoms with van der Waals surface area (Å²) in [5, 5.41) is 0. The van der Waals surface area contributed by atoms with Crippen molar-refractivity contribution in [3.05, 3.63) is 53.5 Å². The Morgan fingerprint density at radius 3 is 2.35 bits per heavy atom. The summed E-state index contributed by atoms with van der Waals surface area (Å²) in [5.41, 5.74) is 7.71. The quantitative estimate of drug-likeness (QED) is 0.821. The second-order valence-electron chi connectivity index (χ2n) is 4.43. The fourth-order valence-corrected chi connectivity index (χ4v) is 1.83. The van der Waals surface area contributed by atoms with Crippen molar-refractivity contribution >= 4 is 5.69 Å². The molecule has 0 saturated carbocycles. The number of furan rings is 1. The fraction of sp³-hybridized carbons (Fsp3) is 0.286. The van der Waals surface area contributed by atoms with Crippen LogP contribution in [0.15, 0.2) is 40.8 Å². The summed E-state index contributed by atoms with van der Waals surface area (Å²) in [6.45, 7) is 3.67. The number of hydrogen-bond acceptors (Lipinski definition) is 3. The van der Waals surface area contributed by atoms with E-state index in [0.29, 0.717) is 0 Å². The zero-order valence-electron chi connectivity index (χ0n) is 10.3. The molecule has 3 heteroatoms. The van der Waals surface area contributed by atoms with Crippen molar-refractivity contribution in [1.29, 1.82) is 0 Å². The van der Waals surface area contributed by atoms with Gasteiger partial charge in [-0.25, -0.2) is 0 Å². The number of nitrogen functional groups attached to an aromatic ring is 1. The molecule has 0 aliphatic rings. The van der Waals surface area contributed by atoms with Crippen molar-refractivity contribution in [1.82, 2.24) is 4.90 Å². The normalized spacial score (nSPS) is 11.0. The Labute approximate surface area is 102 Å². The smallest absolute Gasteiger partial charge is 0.118 e. The molecule has 0 aliphatic heterocycles. The van der Waals surface area contributed by atoms with E-state index in [1.54, 1.807) is 0 Å². The van der Waals surface area contributed by atoms with E-state index >= 15 is 0 Å². The maximum atomic E-state index is 5.66. The van der Waals surface area contributed by atoms with Crippen LogP contribution in [0.1, 0.15) is 17.1 Å². The minimum Gasteiger partial charge on any atom is -0.465 e. The molecule has 3 nitrogen and oxygen atoms in total. The number of hydrogen-bond donors (Lipinski definition) is 1. The van der Waals surface area contributed by atoms with Gasteiger partial charge in [-0.05, 0) is 43.8 Å². The van der Waals surface area contributed by atoms with Crippen LogP contribution in [0.25, 0.3) is 0 Å². The minimum absolute atomic E-state index is 0.804. The predicted octanol–water partition coefficient (Wildman–Crippen LogP) is 2.80. The third-order valence-electron chi connectivity index (χ3n) is 2.65. The molecule has 0 spiro atoms. The Hall–Kier alpha value is -1.74. The molecule has 0 fully saturated rings. The van der Waals surface area contributed by atoms with Gasteiger partial charge in [0.25, 0.3) is 0 Å². The molecule has 0 saturated heterocycles. The number of benzene rings is 1. The summed E-state index contributed by atoms with van der Waals surface area (Å²) in [6, 6.07) is 12.0. The van der Waals surface area contributed by atoms with Gasteiger partial charge in [-0.3, -0.25) is 4.90 Å². The highest BCUT2D eigenvalue weighted by Crippen LogP contribution is 2.12. The van der Waals surface area contributed by atoms with Crippen molar-refractivity contribution in [3.63, 3.8) is 0 Å².